The largest absolute Gasteiger partial charge is 0.482 e. The molecule has 25 heavy (non-hydrogen) atoms. The molecule has 0 spiro atoms. The van der Waals surface area contributed by atoms with Gasteiger partial charge in [-0.05, 0) is 44.0 Å². The second-order valence-corrected chi connectivity index (χ2v) is 6.39. The topological polar surface area (TPSA) is 63.7 Å². The third-order valence-corrected chi connectivity index (χ3v) is 4.57. The summed E-state index contributed by atoms with van der Waals surface area (Å²) >= 11 is 0. The Kier molecular flexibility index (Phi) is 4.17. The third kappa shape index (κ3) is 3.24. The van der Waals surface area contributed by atoms with E-state index in [1.807, 2.05) is 37.3 Å². The maximum Gasteiger partial charge on any atom is 0.270 e. The lowest BCUT2D eigenvalue weighted by atomic mass is 10.1. The van der Waals surface area contributed by atoms with Gasteiger partial charge in [0.15, 0.2) is 11.5 Å². The van der Waals surface area contributed by atoms with E-state index in [9.17, 15) is 4.79 Å². The van der Waals surface area contributed by atoms with Crippen LogP contribution in [0.4, 0.5) is 11.5 Å². The number of carbonyl (C=O) groups excluding carboxylic acids is 1. The molecule has 1 N–H and O–H groups in total. The maximum absolute atomic E-state index is 12.6. The number of para-hydroxylation sites is 2. The van der Waals surface area contributed by atoms with Crippen molar-refractivity contribution in [2.75, 3.05) is 23.3 Å². The number of pyridine rings is 1. The number of ether oxygens (including phenoxy) is 2. The second kappa shape index (κ2) is 6.63. The van der Waals surface area contributed by atoms with Crippen molar-refractivity contribution in [2.45, 2.75) is 32.0 Å². The first-order chi connectivity index (χ1) is 12.2. The minimum absolute atomic E-state index is 0.261. The fraction of sp³-hybridized carbons (Fsp3) is 0.368. The lowest BCUT2D eigenvalue weighted by Crippen LogP contribution is -2.46. The Balaban J connectivity index is 1.43. The number of fused-ring (bicyclic) bond motifs is 1. The van der Waals surface area contributed by atoms with E-state index in [0.29, 0.717) is 17.3 Å². The number of hydrogen-bond acceptors (Lipinski definition) is 5. The van der Waals surface area contributed by atoms with Crippen LogP contribution in [0.2, 0.25) is 0 Å². The molecule has 2 unspecified atom stereocenters. The van der Waals surface area contributed by atoms with Gasteiger partial charge in [0.2, 0.25) is 6.10 Å². The highest BCUT2D eigenvalue weighted by molar-refractivity contribution is 5.94. The number of benzene rings is 1. The molecule has 1 aromatic heterocycles. The third-order valence-electron chi connectivity index (χ3n) is 4.57. The number of nitrogens with zero attached hydrogens (tertiary/aromatic N) is 2. The molecule has 1 fully saturated rings. The average Bonchev–Trinajstić information content (AvgIpc) is 3.16. The summed E-state index contributed by atoms with van der Waals surface area (Å²) in [6, 6.07) is 11.2. The van der Waals surface area contributed by atoms with Gasteiger partial charge in [0.05, 0.1) is 11.9 Å². The molecule has 0 saturated carbocycles. The van der Waals surface area contributed by atoms with Crippen LogP contribution in [0.3, 0.4) is 0 Å². The van der Waals surface area contributed by atoms with Gasteiger partial charge in [0, 0.05) is 13.1 Å². The smallest absolute Gasteiger partial charge is 0.270 e. The molecule has 2 aliphatic heterocycles. The summed E-state index contributed by atoms with van der Waals surface area (Å²) in [5.74, 6) is 1.50. The predicted octanol–water partition coefficient (Wildman–Crippen LogP) is 2.85. The highest BCUT2D eigenvalue weighted by atomic mass is 16.6. The first kappa shape index (κ1) is 15.7. The Morgan fingerprint density at radius 1 is 1.12 bits per heavy atom. The summed E-state index contributed by atoms with van der Waals surface area (Å²) in [7, 11) is 0. The van der Waals surface area contributed by atoms with E-state index in [1.165, 1.54) is 12.8 Å². The zero-order valence-electron chi connectivity index (χ0n) is 14.1. The van der Waals surface area contributed by atoms with E-state index in [2.05, 4.69) is 15.2 Å². The van der Waals surface area contributed by atoms with Crippen LogP contribution >= 0.6 is 0 Å². The van der Waals surface area contributed by atoms with E-state index in [-0.39, 0.29) is 12.0 Å². The Bertz CT molecular complexity index is 757. The monoisotopic (exact) mass is 339 g/mol. The Hall–Kier alpha value is -2.76. The molecule has 6 heteroatoms. The lowest BCUT2D eigenvalue weighted by molar-refractivity contribution is -0.128. The van der Waals surface area contributed by atoms with Gasteiger partial charge in [-0.3, -0.25) is 4.79 Å². The van der Waals surface area contributed by atoms with Crippen LogP contribution in [0.15, 0.2) is 42.6 Å². The first-order valence-corrected chi connectivity index (χ1v) is 8.65. The van der Waals surface area contributed by atoms with E-state index >= 15 is 0 Å². The van der Waals surface area contributed by atoms with Crippen LogP contribution in [0.1, 0.15) is 19.8 Å². The fourth-order valence-corrected chi connectivity index (χ4v) is 3.23. The Morgan fingerprint density at radius 3 is 2.52 bits per heavy atom. The van der Waals surface area contributed by atoms with E-state index in [4.69, 9.17) is 9.47 Å². The number of anilines is 2. The Labute approximate surface area is 146 Å². The molecular formula is C19H21N3O3. The minimum atomic E-state index is -0.713. The number of aromatic nitrogens is 1. The normalized spacial score (nSPS) is 21.9. The highest BCUT2D eigenvalue weighted by Crippen LogP contribution is 2.33. The van der Waals surface area contributed by atoms with Gasteiger partial charge in [0.25, 0.3) is 5.91 Å². The zero-order chi connectivity index (χ0) is 17.2. The molecule has 0 bridgehead atoms. The zero-order valence-corrected chi connectivity index (χ0v) is 14.1. The summed E-state index contributed by atoms with van der Waals surface area (Å²) in [6.07, 6.45) is 3.15. The van der Waals surface area contributed by atoms with Crippen LogP contribution in [0, 0.1) is 0 Å². The lowest BCUT2D eigenvalue weighted by Gasteiger charge is -2.30. The van der Waals surface area contributed by atoms with Gasteiger partial charge >= 0.3 is 0 Å². The van der Waals surface area contributed by atoms with Gasteiger partial charge in [-0.15, -0.1) is 0 Å². The van der Waals surface area contributed by atoms with E-state index in [0.717, 1.165) is 18.8 Å². The van der Waals surface area contributed by atoms with Crippen molar-refractivity contribution >= 4 is 17.4 Å². The number of nitrogens with one attached hydrogen (secondary N) is 1. The van der Waals surface area contributed by atoms with Gasteiger partial charge in [-0.1, -0.05) is 12.1 Å². The summed E-state index contributed by atoms with van der Waals surface area (Å²) in [5.41, 5.74) is 1.09. The second-order valence-electron chi connectivity index (χ2n) is 6.39. The summed E-state index contributed by atoms with van der Waals surface area (Å²) < 4.78 is 11.6. The van der Waals surface area contributed by atoms with Crippen molar-refractivity contribution in [2.24, 2.45) is 0 Å². The first-order valence-electron chi connectivity index (χ1n) is 8.65. The van der Waals surface area contributed by atoms with Crippen LogP contribution in [-0.2, 0) is 4.79 Å². The van der Waals surface area contributed by atoms with Crippen LogP contribution in [-0.4, -0.2) is 36.2 Å². The summed E-state index contributed by atoms with van der Waals surface area (Å²) in [5, 5.41) is 2.82. The van der Waals surface area contributed by atoms with Crippen LogP contribution < -0.4 is 19.7 Å². The van der Waals surface area contributed by atoms with Crippen molar-refractivity contribution in [3.63, 3.8) is 0 Å². The van der Waals surface area contributed by atoms with Crippen LogP contribution in [0.25, 0.3) is 0 Å². The predicted molar refractivity (Wildman–Crippen MR) is 95.3 cm³/mol. The summed E-state index contributed by atoms with van der Waals surface area (Å²) in [6.45, 7) is 3.96. The molecule has 4 rings (SSSR count). The van der Waals surface area contributed by atoms with Crippen molar-refractivity contribution in [3.8, 4) is 11.5 Å². The molecule has 1 saturated heterocycles. The van der Waals surface area contributed by atoms with Crippen molar-refractivity contribution < 1.29 is 14.3 Å². The molecule has 130 valence electrons. The molecule has 1 amide bonds. The molecular weight excluding hydrogens is 318 g/mol. The molecule has 3 heterocycles. The fourth-order valence-electron chi connectivity index (χ4n) is 3.23. The average molecular weight is 339 g/mol. The van der Waals surface area contributed by atoms with E-state index < -0.39 is 6.10 Å². The van der Waals surface area contributed by atoms with Crippen molar-refractivity contribution in [3.05, 3.63) is 42.6 Å². The number of hydrogen-bond donors (Lipinski definition) is 1. The van der Waals surface area contributed by atoms with Gasteiger partial charge in [0.1, 0.15) is 11.9 Å². The maximum atomic E-state index is 12.6. The molecule has 0 radical (unpaired) electrons. The van der Waals surface area contributed by atoms with E-state index in [1.54, 1.807) is 12.3 Å². The van der Waals surface area contributed by atoms with Crippen LogP contribution in [0.5, 0.6) is 11.5 Å². The molecule has 1 aromatic carbocycles. The van der Waals surface area contributed by atoms with Gasteiger partial charge in [-0.2, -0.15) is 0 Å². The Morgan fingerprint density at radius 2 is 1.84 bits per heavy atom. The SMILES string of the molecule is CC1Oc2ccccc2OC1C(=O)Nc1ccc(N2CCCC2)cn1. The number of rotatable bonds is 3. The summed E-state index contributed by atoms with van der Waals surface area (Å²) in [4.78, 5) is 19.2. The number of carbonyl (C=O) groups is 1. The molecule has 6 nitrogen and oxygen atoms in total. The van der Waals surface area contributed by atoms with Gasteiger partial charge < -0.3 is 19.7 Å². The quantitative estimate of drug-likeness (QED) is 0.932. The molecule has 2 aromatic rings. The molecule has 2 aliphatic rings. The van der Waals surface area contributed by atoms with Gasteiger partial charge in [-0.25, -0.2) is 4.98 Å². The molecule has 0 aliphatic carbocycles. The van der Waals surface area contributed by atoms with Crippen molar-refractivity contribution in [1.29, 1.82) is 0 Å². The molecule has 2 atom stereocenters. The van der Waals surface area contributed by atoms with Crippen molar-refractivity contribution in [1.82, 2.24) is 4.98 Å². The number of amides is 1. The standard InChI is InChI=1S/C19H21N3O3/c1-13-18(25-16-7-3-2-6-15(16)24-13)19(23)21-17-9-8-14(12-20-17)22-10-4-5-11-22/h2-3,6-9,12-13,18H,4-5,10-11H2,1H3,(H,20,21,23). The minimum Gasteiger partial charge on any atom is -0.482 e. The highest BCUT2D eigenvalue weighted by Gasteiger charge is 2.34.